The molecule has 0 amide bonds. The quantitative estimate of drug-likeness (QED) is 0.158. The largest absolute Gasteiger partial charge is 0.743 e. The van der Waals surface area contributed by atoms with Crippen LogP contribution in [0.4, 0.5) is 39.5 Å². The van der Waals surface area contributed by atoms with Gasteiger partial charge < -0.3 is 4.55 Å². The van der Waals surface area contributed by atoms with Gasteiger partial charge in [-0.2, -0.15) is 39.5 Å². The summed E-state index contributed by atoms with van der Waals surface area (Å²) in [5.41, 5.74) is 0. The zero-order chi connectivity index (χ0) is 26.1. The monoisotopic (exact) mass is 522 g/mol. The van der Waals surface area contributed by atoms with Gasteiger partial charge in [-0.15, -0.1) is 0 Å². The van der Waals surface area contributed by atoms with Crippen molar-refractivity contribution in [2.45, 2.75) is 95.2 Å². The van der Waals surface area contributed by atoms with E-state index in [0.29, 0.717) is 0 Å². The molecule has 0 unspecified atom stereocenters. The highest BCUT2D eigenvalue weighted by Crippen LogP contribution is 2.54. The van der Waals surface area contributed by atoms with Crippen molar-refractivity contribution in [2.24, 2.45) is 0 Å². The van der Waals surface area contributed by atoms with Gasteiger partial charge >= 0.3 is 23.3 Å². The number of halogens is 9. The Hall–Kier alpha value is -1.51. The predicted octanol–water partition coefficient (Wildman–Crippen LogP) is 5.50. The molecule has 0 atom stereocenters. The Morgan fingerprint density at radius 1 is 0.818 bits per heavy atom. The van der Waals surface area contributed by atoms with E-state index in [1.165, 1.54) is 51.5 Å². The van der Waals surface area contributed by atoms with Crippen LogP contribution in [-0.4, -0.2) is 40.8 Å². The first-order valence-electron chi connectivity index (χ1n) is 10.1. The molecule has 33 heavy (non-hydrogen) atoms. The minimum absolute atomic E-state index is 1.07. The zero-order valence-electron chi connectivity index (χ0n) is 18.0. The van der Waals surface area contributed by atoms with Crippen molar-refractivity contribution in [2.75, 3.05) is 0 Å². The summed E-state index contributed by atoms with van der Waals surface area (Å²) in [6.07, 6.45) is 9.11. The fourth-order valence-corrected chi connectivity index (χ4v) is 2.97. The van der Waals surface area contributed by atoms with Crippen molar-refractivity contribution < 1.29 is 57.1 Å². The zero-order valence-corrected chi connectivity index (χ0v) is 18.8. The Bertz CT molecular complexity index is 809. The SMILES string of the molecule is CCCCCCCCC[n+]1ccn(CC)c1.O=S(=O)([O-])C(F)(F)C(F)(F)C(F)(F)C(F)(F)F. The molecule has 0 aliphatic carbocycles. The maximum Gasteiger partial charge on any atom is 0.460 e. The maximum absolute atomic E-state index is 12.2. The molecular formula is C18H27F9N2O3S. The van der Waals surface area contributed by atoms with Crippen LogP contribution in [0.3, 0.4) is 0 Å². The average Bonchev–Trinajstić information content (AvgIpc) is 3.14. The number of nitrogens with zero attached hydrogens (tertiary/aromatic N) is 2. The molecule has 0 N–H and O–H groups in total. The molecule has 196 valence electrons. The van der Waals surface area contributed by atoms with Gasteiger partial charge in [0, 0.05) is 0 Å². The molecule has 0 aliphatic rings. The predicted molar refractivity (Wildman–Crippen MR) is 98.9 cm³/mol. The molecule has 1 heterocycles. The average molecular weight is 522 g/mol. The van der Waals surface area contributed by atoms with Crippen LogP contribution >= 0.6 is 0 Å². The third-order valence-electron chi connectivity index (χ3n) is 4.56. The van der Waals surface area contributed by atoms with Gasteiger partial charge in [0.1, 0.15) is 12.4 Å². The first-order chi connectivity index (χ1) is 14.9. The maximum atomic E-state index is 12.2. The van der Waals surface area contributed by atoms with Crippen LogP contribution in [0.1, 0.15) is 58.8 Å². The summed E-state index contributed by atoms with van der Waals surface area (Å²) in [4.78, 5) is 0. The van der Waals surface area contributed by atoms with Crippen LogP contribution in [0, 0.1) is 0 Å². The Morgan fingerprint density at radius 3 is 1.70 bits per heavy atom. The molecule has 0 fully saturated rings. The molecule has 0 bridgehead atoms. The fraction of sp³-hybridized carbons (Fsp3) is 0.833. The highest BCUT2D eigenvalue weighted by atomic mass is 32.2. The number of imidazole rings is 1. The summed E-state index contributed by atoms with van der Waals surface area (Å²) < 4.78 is 140. The standard InChI is InChI=1S/C14H27N2.C4HF9O3S/c1-3-5-6-7-8-9-10-11-16-13-12-15(4-2)14-16;5-1(6,3(9,10)11)2(7,8)4(12,13)17(14,15)16/h12-14H,3-11H2,1-2H3;(H,14,15,16)/q+1;/p-1. The minimum Gasteiger partial charge on any atom is -0.743 e. The van der Waals surface area contributed by atoms with E-state index in [4.69, 9.17) is 0 Å². The molecule has 1 rings (SSSR count). The number of unbranched alkanes of at least 4 members (excludes halogenated alkanes) is 6. The van der Waals surface area contributed by atoms with E-state index in [0.717, 1.165) is 6.54 Å². The number of rotatable bonds is 12. The summed E-state index contributed by atoms with van der Waals surface area (Å²) >= 11 is 0. The molecule has 1 aromatic heterocycles. The van der Waals surface area contributed by atoms with E-state index >= 15 is 0 Å². The first kappa shape index (κ1) is 31.5. The first-order valence-corrected chi connectivity index (χ1v) is 11.5. The van der Waals surface area contributed by atoms with Crippen molar-refractivity contribution in [3.63, 3.8) is 0 Å². The molecule has 1 aromatic rings. The van der Waals surface area contributed by atoms with E-state index in [-0.39, 0.29) is 0 Å². The Kier molecular flexibility index (Phi) is 11.7. The van der Waals surface area contributed by atoms with Crippen molar-refractivity contribution >= 4 is 10.1 Å². The topological polar surface area (TPSA) is 66.0 Å². The van der Waals surface area contributed by atoms with Crippen LogP contribution in [0.5, 0.6) is 0 Å². The van der Waals surface area contributed by atoms with Gasteiger partial charge in [0.25, 0.3) is 0 Å². The van der Waals surface area contributed by atoms with Crippen LogP contribution < -0.4 is 4.57 Å². The normalized spacial score (nSPS) is 13.6. The lowest BCUT2D eigenvalue weighted by atomic mass is 10.1. The molecule has 0 radical (unpaired) electrons. The summed E-state index contributed by atoms with van der Waals surface area (Å²) in [5, 5.41) is -7.11. The highest BCUT2D eigenvalue weighted by molar-refractivity contribution is 7.86. The molecular weight excluding hydrogens is 495 g/mol. The molecule has 15 heteroatoms. The van der Waals surface area contributed by atoms with Crippen molar-refractivity contribution in [1.29, 1.82) is 0 Å². The number of alkyl halides is 9. The Morgan fingerprint density at radius 2 is 1.30 bits per heavy atom. The molecule has 0 aromatic carbocycles. The highest BCUT2D eigenvalue weighted by Gasteiger charge is 2.83. The van der Waals surface area contributed by atoms with E-state index in [1.54, 1.807) is 0 Å². The summed E-state index contributed by atoms with van der Waals surface area (Å²) in [5.74, 6) is -14.8. The van der Waals surface area contributed by atoms with Gasteiger partial charge in [0.15, 0.2) is 10.1 Å². The molecule has 0 spiro atoms. The molecule has 0 saturated carbocycles. The number of aromatic nitrogens is 2. The second-order valence-electron chi connectivity index (χ2n) is 7.22. The van der Waals surface area contributed by atoms with Gasteiger partial charge in [0.05, 0.1) is 13.1 Å². The van der Waals surface area contributed by atoms with Crippen LogP contribution in [0.2, 0.25) is 0 Å². The van der Waals surface area contributed by atoms with Gasteiger partial charge in [-0.25, -0.2) is 17.6 Å². The van der Waals surface area contributed by atoms with E-state index in [2.05, 4.69) is 41.7 Å². The Balaban J connectivity index is 0.000000621. The summed E-state index contributed by atoms with van der Waals surface area (Å²) in [7, 11) is -7.42. The van der Waals surface area contributed by atoms with Crippen LogP contribution in [-0.2, 0) is 23.2 Å². The van der Waals surface area contributed by atoms with Crippen molar-refractivity contribution in [1.82, 2.24) is 4.57 Å². The molecule has 0 saturated heterocycles. The van der Waals surface area contributed by atoms with Gasteiger partial charge in [0.2, 0.25) is 6.33 Å². The lowest BCUT2D eigenvalue weighted by molar-refractivity contribution is -0.696. The lowest BCUT2D eigenvalue weighted by Gasteiger charge is -2.34. The fourth-order valence-electron chi connectivity index (χ4n) is 2.53. The number of hydrogen-bond acceptors (Lipinski definition) is 3. The number of aryl methyl sites for hydroxylation is 2. The third-order valence-corrected chi connectivity index (χ3v) is 5.45. The minimum atomic E-state index is -7.43. The van der Waals surface area contributed by atoms with E-state index in [1.807, 2.05) is 0 Å². The smallest absolute Gasteiger partial charge is 0.460 e. The second kappa shape index (κ2) is 12.3. The lowest BCUT2D eigenvalue weighted by Crippen LogP contribution is -2.63. The Labute approximate surface area is 186 Å². The van der Waals surface area contributed by atoms with E-state index < -0.39 is 33.4 Å². The van der Waals surface area contributed by atoms with E-state index in [9.17, 15) is 52.5 Å². The third kappa shape index (κ3) is 8.34. The van der Waals surface area contributed by atoms with Crippen molar-refractivity contribution in [3.05, 3.63) is 18.7 Å². The van der Waals surface area contributed by atoms with Gasteiger partial charge in [-0.05, 0) is 19.8 Å². The van der Waals surface area contributed by atoms with Gasteiger partial charge in [-0.1, -0.05) is 39.0 Å². The number of hydrogen-bond donors (Lipinski definition) is 0. The second-order valence-corrected chi connectivity index (χ2v) is 8.64. The molecule has 0 aliphatic heterocycles. The van der Waals surface area contributed by atoms with Crippen LogP contribution in [0.15, 0.2) is 18.7 Å². The van der Waals surface area contributed by atoms with Crippen LogP contribution in [0.25, 0.3) is 0 Å². The summed E-state index contributed by atoms with van der Waals surface area (Å²) in [6, 6.07) is 0. The van der Waals surface area contributed by atoms with Gasteiger partial charge in [-0.3, -0.25) is 0 Å². The molecule has 5 nitrogen and oxygen atoms in total. The van der Waals surface area contributed by atoms with Crippen molar-refractivity contribution in [3.8, 4) is 0 Å². The summed E-state index contributed by atoms with van der Waals surface area (Å²) in [6.45, 7) is 6.71.